The number of nitrogens with one attached hydrogen (secondary N) is 2. The van der Waals surface area contributed by atoms with Crippen molar-refractivity contribution < 1.29 is 50.1 Å². The van der Waals surface area contributed by atoms with Crippen molar-refractivity contribution in [3.05, 3.63) is 126 Å². The van der Waals surface area contributed by atoms with Crippen molar-refractivity contribution in [2.24, 2.45) is 5.73 Å². The summed E-state index contributed by atoms with van der Waals surface area (Å²) < 4.78 is 88.3. The fraction of sp³-hybridized carbons (Fsp3) is 0.353. The quantitative estimate of drug-likeness (QED) is 0.0606. The highest BCUT2D eigenvalue weighted by Crippen LogP contribution is 2.43. The standard InChI is InChI=1S/C44H49N7O9S2.C7H16N2O2/c1-44(2,3)60-43(52)46-25-26-61(53,54)39-24-23-37(36-9-7-8-10-38(36)45)40(42-47-49-51(48-42)29-32-15-21-35(59-6)22-16-32)41(39)62(55,56)50(27-30-11-17-33(57-4)18-12-30)28-31-13-19-34(58-5)20-14-31;1-7(2,3)11-6(10)9-5-4-8/h7-24H,25-29,45H2,1-6H3,(H,46,52);4-5,8H2,1-3H3,(H,9,10). The molecule has 0 atom stereocenters. The van der Waals surface area contributed by atoms with Gasteiger partial charge in [0.15, 0.2) is 9.84 Å². The molecular weight excluding hydrogens is 979 g/mol. The van der Waals surface area contributed by atoms with Crippen LogP contribution in [-0.4, -0.2) is 111 Å². The summed E-state index contributed by atoms with van der Waals surface area (Å²) in [4.78, 5) is 23.5. The third kappa shape index (κ3) is 16.4. The minimum atomic E-state index is -4.88. The number of tetrazole rings is 1. The first-order chi connectivity index (χ1) is 34.5. The van der Waals surface area contributed by atoms with Gasteiger partial charge in [0.05, 0.1) is 44.1 Å². The third-order valence-electron chi connectivity index (χ3n) is 10.4. The lowest BCUT2D eigenvalue weighted by Crippen LogP contribution is -2.35. The number of amides is 2. The molecule has 0 fully saturated rings. The van der Waals surface area contributed by atoms with Crippen molar-refractivity contribution in [3.63, 3.8) is 0 Å². The minimum Gasteiger partial charge on any atom is -0.497 e. The van der Waals surface area contributed by atoms with E-state index in [1.807, 2.05) is 32.9 Å². The fourth-order valence-corrected chi connectivity index (χ4v) is 10.6. The van der Waals surface area contributed by atoms with Crippen molar-refractivity contribution in [1.29, 1.82) is 0 Å². The number of rotatable bonds is 19. The van der Waals surface area contributed by atoms with Gasteiger partial charge in [0.1, 0.15) is 33.3 Å². The first kappa shape index (κ1) is 56.6. The highest BCUT2D eigenvalue weighted by Gasteiger charge is 2.38. The third-order valence-corrected chi connectivity index (χ3v) is 14.1. The Kier molecular flexibility index (Phi) is 19.3. The van der Waals surface area contributed by atoms with Crippen LogP contribution in [0.3, 0.4) is 0 Å². The molecule has 2 amide bonds. The largest absolute Gasteiger partial charge is 0.497 e. The molecule has 0 aliphatic carbocycles. The molecule has 73 heavy (non-hydrogen) atoms. The Balaban J connectivity index is 0.000000802. The van der Waals surface area contributed by atoms with E-state index in [1.165, 1.54) is 35.5 Å². The van der Waals surface area contributed by atoms with Crippen molar-refractivity contribution >= 4 is 37.7 Å². The lowest BCUT2D eigenvalue weighted by Gasteiger charge is -2.26. The monoisotopic (exact) mass is 1040 g/mol. The number of nitrogen functional groups attached to an aromatic ring is 1. The summed E-state index contributed by atoms with van der Waals surface area (Å²) >= 11 is 0. The summed E-state index contributed by atoms with van der Waals surface area (Å²) in [6.45, 7) is 10.7. The molecule has 0 bridgehead atoms. The van der Waals surface area contributed by atoms with Crippen LogP contribution in [0.15, 0.2) is 119 Å². The maximum Gasteiger partial charge on any atom is 0.407 e. The van der Waals surface area contributed by atoms with Gasteiger partial charge in [-0.1, -0.05) is 60.7 Å². The molecule has 20 nitrogen and oxygen atoms in total. The van der Waals surface area contributed by atoms with E-state index in [1.54, 1.807) is 113 Å². The van der Waals surface area contributed by atoms with Crippen LogP contribution >= 0.6 is 0 Å². The first-order valence-corrected chi connectivity index (χ1v) is 26.1. The number of methoxy groups -OCH3 is 3. The lowest BCUT2D eigenvalue weighted by atomic mass is 9.97. The molecule has 6 N–H and O–H groups in total. The number of carbonyl (C=O) groups excluding carboxylic acids is 2. The zero-order valence-corrected chi connectivity index (χ0v) is 44.2. The predicted molar refractivity (Wildman–Crippen MR) is 277 cm³/mol. The highest BCUT2D eigenvalue weighted by atomic mass is 32.2. The van der Waals surface area contributed by atoms with Gasteiger partial charge in [0.2, 0.25) is 15.8 Å². The molecule has 22 heteroatoms. The average Bonchev–Trinajstić information content (AvgIpc) is 3.80. The Hall–Kier alpha value is -7.27. The van der Waals surface area contributed by atoms with E-state index in [-0.39, 0.29) is 42.3 Å². The average molecular weight is 1040 g/mol. The van der Waals surface area contributed by atoms with Gasteiger partial charge in [0.25, 0.3) is 0 Å². The number of sulfone groups is 1. The summed E-state index contributed by atoms with van der Waals surface area (Å²) in [6, 6.07) is 30.4. The van der Waals surface area contributed by atoms with Crippen LogP contribution < -0.4 is 36.3 Å². The summed E-state index contributed by atoms with van der Waals surface area (Å²) in [6.07, 6.45) is -1.25. The molecule has 0 unspecified atom stereocenters. The number of carbonyl (C=O) groups is 2. The first-order valence-electron chi connectivity index (χ1n) is 23.0. The predicted octanol–water partition coefficient (Wildman–Crippen LogP) is 6.82. The molecular formula is C51H65N9O11S2. The molecule has 0 saturated heterocycles. The molecule has 0 aliphatic rings. The Morgan fingerprint density at radius 2 is 1.12 bits per heavy atom. The number of aromatic nitrogens is 4. The summed E-state index contributed by atoms with van der Waals surface area (Å²) in [5.74, 6) is 0.911. The van der Waals surface area contributed by atoms with E-state index in [0.29, 0.717) is 47.0 Å². The van der Waals surface area contributed by atoms with Gasteiger partial charge >= 0.3 is 12.2 Å². The normalized spacial score (nSPS) is 11.8. The van der Waals surface area contributed by atoms with Crippen LogP contribution in [0.5, 0.6) is 17.2 Å². The number of nitrogens with two attached hydrogens (primary N) is 2. The maximum atomic E-state index is 15.8. The van der Waals surface area contributed by atoms with Gasteiger partial charge < -0.3 is 45.8 Å². The van der Waals surface area contributed by atoms with Gasteiger partial charge in [-0.15, -0.1) is 10.2 Å². The van der Waals surface area contributed by atoms with Crippen LogP contribution in [0.1, 0.15) is 58.2 Å². The number of hydrogen-bond acceptors (Lipinski definition) is 16. The molecule has 1 aromatic heterocycles. The maximum absolute atomic E-state index is 15.8. The number of hydrogen-bond donors (Lipinski definition) is 4. The summed E-state index contributed by atoms with van der Waals surface area (Å²) in [7, 11) is -4.81. The number of benzene rings is 5. The second kappa shape index (κ2) is 24.9. The molecule has 392 valence electrons. The van der Waals surface area contributed by atoms with E-state index in [4.69, 9.17) is 35.2 Å². The number of alkyl carbamates (subject to hydrolysis) is 2. The summed E-state index contributed by atoms with van der Waals surface area (Å²) in [5.41, 5.74) is 13.2. The lowest BCUT2D eigenvalue weighted by molar-refractivity contribution is 0.0518. The Morgan fingerprint density at radius 1 is 0.644 bits per heavy atom. The number of para-hydroxylation sites is 1. The van der Waals surface area contributed by atoms with Crippen molar-refractivity contribution in [3.8, 4) is 39.8 Å². The van der Waals surface area contributed by atoms with Crippen LogP contribution in [0.2, 0.25) is 0 Å². The zero-order chi connectivity index (χ0) is 53.6. The van der Waals surface area contributed by atoms with Gasteiger partial charge in [-0.2, -0.15) is 9.10 Å². The van der Waals surface area contributed by atoms with E-state index in [2.05, 4.69) is 26.0 Å². The second-order valence-corrected chi connectivity index (χ2v) is 22.3. The Labute approximate surface area is 427 Å². The molecule has 0 spiro atoms. The second-order valence-electron chi connectivity index (χ2n) is 18.3. The topological polar surface area (TPSA) is 272 Å². The van der Waals surface area contributed by atoms with Crippen molar-refractivity contribution in [1.82, 2.24) is 35.1 Å². The number of anilines is 1. The van der Waals surface area contributed by atoms with E-state index in [9.17, 15) is 18.0 Å². The van der Waals surface area contributed by atoms with Crippen LogP contribution in [-0.2, 0) is 49.0 Å². The van der Waals surface area contributed by atoms with Crippen molar-refractivity contribution in [2.45, 2.75) is 82.2 Å². The van der Waals surface area contributed by atoms with E-state index in [0.717, 1.165) is 5.56 Å². The van der Waals surface area contributed by atoms with Crippen LogP contribution in [0.4, 0.5) is 15.3 Å². The van der Waals surface area contributed by atoms with E-state index < -0.39 is 65.3 Å². The summed E-state index contributed by atoms with van der Waals surface area (Å²) in [5, 5.41) is 18.3. The van der Waals surface area contributed by atoms with Gasteiger partial charge in [-0.05, 0) is 118 Å². The van der Waals surface area contributed by atoms with Crippen LogP contribution in [0, 0.1) is 0 Å². The Morgan fingerprint density at radius 3 is 1.59 bits per heavy atom. The Bertz CT molecular complexity index is 2960. The molecule has 5 aromatic carbocycles. The number of sulfonamides is 1. The zero-order valence-electron chi connectivity index (χ0n) is 42.5. The van der Waals surface area contributed by atoms with E-state index >= 15 is 8.42 Å². The molecule has 6 aromatic rings. The van der Waals surface area contributed by atoms with Crippen molar-refractivity contribution in [2.75, 3.05) is 52.5 Å². The number of ether oxygens (including phenoxy) is 5. The SMILES string of the molecule is CC(C)(C)OC(=O)NCCN.COc1ccc(CN(Cc2ccc(OC)cc2)S(=O)(=O)c2c(S(=O)(=O)CCNC(=O)OC(C)(C)C)ccc(-c3ccccc3N)c2-c2nnn(Cc3ccc(OC)cc3)n2)cc1. The van der Waals surface area contributed by atoms with Gasteiger partial charge in [-0.25, -0.2) is 26.4 Å². The highest BCUT2D eigenvalue weighted by molar-refractivity contribution is 7.93. The minimum absolute atomic E-state index is 0.136. The molecule has 6 rings (SSSR count). The fourth-order valence-electron chi connectivity index (χ4n) is 6.98. The molecule has 0 aliphatic heterocycles. The van der Waals surface area contributed by atoms with Crippen LogP contribution in [0.25, 0.3) is 22.5 Å². The smallest absolute Gasteiger partial charge is 0.407 e. The van der Waals surface area contributed by atoms with Gasteiger partial charge in [0, 0.05) is 44.0 Å². The number of nitrogens with zero attached hydrogens (tertiary/aromatic N) is 5. The molecule has 0 saturated carbocycles. The molecule has 1 heterocycles. The molecule has 0 radical (unpaired) electrons. The van der Waals surface area contributed by atoms with Gasteiger partial charge in [-0.3, -0.25) is 0 Å².